The monoisotopic (exact) mass is 365 g/mol. The number of nitrogens with zero attached hydrogens (tertiary/aromatic N) is 2. The molecule has 3 N–H and O–H groups in total. The summed E-state index contributed by atoms with van der Waals surface area (Å²) in [5.41, 5.74) is 6.29. The van der Waals surface area contributed by atoms with Crippen LogP contribution in [0, 0.1) is 5.92 Å². The Morgan fingerprint density at radius 2 is 1.92 bits per heavy atom. The topological polar surface area (TPSA) is 86.9 Å². The molecule has 1 aliphatic rings. The number of aliphatic hydroxyl groups is 1. The molecule has 0 saturated carbocycles. The number of hydrogen-bond acceptors (Lipinski definition) is 5. The molecule has 25 heavy (non-hydrogen) atoms. The van der Waals surface area contributed by atoms with Gasteiger partial charge in [-0.05, 0) is 49.9 Å². The third-order valence-corrected chi connectivity index (χ3v) is 5.27. The highest BCUT2D eigenvalue weighted by Crippen LogP contribution is 2.21. The van der Waals surface area contributed by atoms with Gasteiger partial charge in [-0.25, -0.2) is 0 Å². The van der Waals surface area contributed by atoms with Crippen LogP contribution in [0.4, 0.5) is 0 Å². The van der Waals surface area contributed by atoms with E-state index < -0.39 is 0 Å². The Bertz CT molecular complexity index is 571. The first-order valence-electron chi connectivity index (χ1n) is 8.56. The van der Waals surface area contributed by atoms with Gasteiger partial charge in [-0.1, -0.05) is 12.1 Å². The van der Waals surface area contributed by atoms with E-state index in [-0.39, 0.29) is 30.9 Å². The summed E-state index contributed by atoms with van der Waals surface area (Å²) in [5, 5.41) is 9.33. The third-order valence-electron chi connectivity index (χ3n) is 4.53. The van der Waals surface area contributed by atoms with Crippen molar-refractivity contribution in [2.24, 2.45) is 11.7 Å². The van der Waals surface area contributed by atoms with Gasteiger partial charge < -0.3 is 15.7 Å². The van der Waals surface area contributed by atoms with Gasteiger partial charge in [0.2, 0.25) is 11.8 Å². The van der Waals surface area contributed by atoms with Gasteiger partial charge in [0.15, 0.2) is 0 Å². The Hall–Kier alpha value is -1.57. The van der Waals surface area contributed by atoms with Crippen LogP contribution >= 0.6 is 11.8 Å². The summed E-state index contributed by atoms with van der Waals surface area (Å²) in [5.74, 6) is -0.303. The smallest absolute Gasteiger partial charge is 0.231 e. The van der Waals surface area contributed by atoms with Crippen molar-refractivity contribution in [3.05, 3.63) is 29.8 Å². The molecule has 2 amide bonds. The molecular weight excluding hydrogens is 338 g/mol. The molecule has 0 unspecified atom stereocenters. The molecule has 1 fully saturated rings. The largest absolute Gasteiger partial charge is 0.395 e. The van der Waals surface area contributed by atoms with Crippen LogP contribution in [-0.4, -0.2) is 65.8 Å². The summed E-state index contributed by atoms with van der Waals surface area (Å²) >= 11 is 1.68. The van der Waals surface area contributed by atoms with Crippen LogP contribution in [-0.2, 0) is 16.1 Å². The SMILES string of the molecule is CSc1ccc(CN(CCO)C(=O)C2CCN(CC(N)=O)CC2)cc1. The Labute approximate surface area is 153 Å². The van der Waals surface area contributed by atoms with Gasteiger partial charge in [0.25, 0.3) is 0 Å². The standard InChI is InChI=1S/C18H27N3O3S/c1-25-16-4-2-14(3-5-16)12-21(10-11-22)18(24)15-6-8-20(9-7-15)13-17(19)23/h2-5,15,22H,6-13H2,1H3,(H2,19,23). The van der Waals surface area contributed by atoms with Crippen molar-refractivity contribution >= 4 is 23.6 Å². The van der Waals surface area contributed by atoms with Gasteiger partial charge >= 0.3 is 0 Å². The predicted octanol–water partition coefficient (Wildman–Crippen LogP) is 0.927. The van der Waals surface area contributed by atoms with Crippen molar-refractivity contribution in [3.8, 4) is 0 Å². The molecule has 1 aliphatic heterocycles. The fourth-order valence-corrected chi connectivity index (χ4v) is 3.56. The molecule has 1 aromatic carbocycles. The third kappa shape index (κ3) is 6.02. The Balaban J connectivity index is 1.94. The number of primary amides is 1. The van der Waals surface area contributed by atoms with Crippen LogP contribution in [0.15, 0.2) is 29.2 Å². The molecule has 0 atom stereocenters. The molecule has 1 saturated heterocycles. The van der Waals surface area contributed by atoms with Crippen molar-refractivity contribution in [2.45, 2.75) is 24.3 Å². The molecule has 6 nitrogen and oxygen atoms in total. The molecule has 0 radical (unpaired) electrons. The van der Waals surface area contributed by atoms with Crippen molar-refractivity contribution in [1.29, 1.82) is 0 Å². The lowest BCUT2D eigenvalue weighted by atomic mass is 9.95. The van der Waals surface area contributed by atoms with E-state index >= 15 is 0 Å². The second-order valence-electron chi connectivity index (χ2n) is 6.35. The van der Waals surface area contributed by atoms with Crippen LogP contribution in [0.5, 0.6) is 0 Å². The van der Waals surface area contributed by atoms with Gasteiger partial charge in [-0.3, -0.25) is 14.5 Å². The van der Waals surface area contributed by atoms with E-state index in [1.54, 1.807) is 16.7 Å². The highest BCUT2D eigenvalue weighted by Gasteiger charge is 2.28. The van der Waals surface area contributed by atoms with Crippen molar-refractivity contribution in [3.63, 3.8) is 0 Å². The molecule has 0 bridgehead atoms. The second kappa shape index (κ2) is 9.79. The van der Waals surface area contributed by atoms with E-state index in [1.807, 2.05) is 35.4 Å². The number of thioether (sulfide) groups is 1. The maximum atomic E-state index is 12.8. The van der Waals surface area contributed by atoms with Crippen molar-refractivity contribution in [1.82, 2.24) is 9.80 Å². The first-order valence-corrected chi connectivity index (χ1v) is 9.79. The maximum Gasteiger partial charge on any atom is 0.231 e. The lowest BCUT2D eigenvalue weighted by Crippen LogP contribution is -2.45. The minimum Gasteiger partial charge on any atom is -0.395 e. The zero-order valence-electron chi connectivity index (χ0n) is 14.7. The molecule has 1 aromatic rings. The molecule has 138 valence electrons. The number of rotatable bonds is 8. The first-order chi connectivity index (χ1) is 12.0. The maximum absolute atomic E-state index is 12.8. The first kappa shape index (κ1) is 19.8. The molecule has 2 rings (SSSR count). The van der Waals surface area contributed by atoms with E-state index in [9.17, 15) is 14.7 Å². The Morgan fingerprint density at radius 3 is 2.44 bits per heavy atom. The van der Waals surface area contributed by atoms with Crippen LogP contribution in [0.3, 0.4) is 0 Å². The lowest BCUT2D eigenvalue weighted by molar-refractivity contribution is -0.138. The fourth-order valence-electron chi connectivity index (χ4n) is 3.16. The van der Waals surface area contributed by atoms with Gasteiger partial charge in [-0.2, -0.15) is 0 Å². The van der Waals surface area contributed by atoms with Crippen molar-refractivity contribution < 1.29 is 14.7 Å². The highest BCUT2D eigenvalue weighted by atomic mass is 32.2. The van der Waals surface area contributed by atoms with E-state index in [1.165, 1.54) is 4.90 Å². The number of benzene rings is 1. The predicted molar refractivity (Wildman–Crippen MR) is 99.1 cm³/mol. The zero-order valence-corrected chi connectivity index (χ0v) is 15.5. The zero-order chi connectivity index (χ0) is 18.2. The fraction of sp³-hybridized carbons (Fsp3) is 0.556. The summed E-state index contributed by atoms with van der Waals surface area (Å²) in [4.78, 5) is 28.8. The summed E-state index contributed by atoms with van der Waals surface area (Å²) in [6.07, 6.45) is 3.47. The molecule has 1 heterocycles. The van der Waals surface area contributed by atoms with Crippen LogP contribution in [0.2, 0.25) is 0 Å². The number of piperidine rings is 1. The van der Waals surface area contributed by atoms with Gasteiger partial charge in [0.1, 0.15) is 0 Å². The Morgan fingerprint density at radius 1 is 1.28 bits per heavy atom. The van der Waals surface area contributed by atoms with Gasteiger partial charge in [0, 0.05) is 23.9 Å². The summed E-state index contributed by atoms with van der Waals surface area (Å²) in [6.45, 7) is 2.46. The van der Waals surface area contributed by atoms with Crippen LogP contribution in [0.25, 0.3) is 0 Å². The molecule has 7 heteroatoms. The molecule has 0 aliphatic carbocycles. The number of hydrogen-bond donors (Lipinski definition) is 2. The summed E-state index contributed by atoms with van der Waals surface area (Å²) in [7, 11) is 0. The molecule has 0 aromatic heterocycles. The van der Waals surface area contributed by atoms with E-state index in [4.69, 9.17) is 5.73 Å². The normalized spacial score (nSPS) is 15.9. The van der Waals surface area contributed by atoms with E-state index in [2.05, 4.69) is 0 Å². The van der Waals surface area contributed by atoms with E-state index in [0.29, 0.717) is 26.2 Å². The van der Waals surface area contributed by atoms with E-state index in [0.717, 1.165) is 18.4 Å². The number of nitrogens with two attached hydrogens (primary N) is 1. The summed E-state index contributed by atoms with van der Waals surface area (Å²) < 4.78 is 0. The lowest BCUT2D eigenvalue weighted by Gasteiger charge is -2.33. The van der Waals surface area contributed by atoms with Crippen molar-refractivity contribution in [2.75, 3.05) is 39.0 Å². The minimum absolute atomic E-state index is 0.0465. The van der Waals surface area contributed by atoms with Gasteiger partial charge in [-0.15, -0.1) is 11.8 Å². The number of carbonyl (C=O) groups excluding carboxylic acids is 2. The number of aliphatic hydroxyl groups excluding tert-OH is 1. The van der Waals surface area contributed by atoms with Crippen LogP contribution in [0.1, 0.15) is 18.4 Å². The number of amides is 2. The molecular formula is C18H27N3O3S. The minimum atomic E-state index is -0.333. The van der Waals surface area contributed by atoms with Gasteiger partial charge in [0.05, 0.1) is 13.2 Å². The highest BCUT2D eigenvalue weighted by molar-refractivity contribution is 7.98. The number of likely N-dealkylation sites (tertiary alicyclic amines) is 1. The average molecular weight is 365 g/mol. The average Bonchev–Trinajstić information content (AvgIpc) is 2.61. The van der Waals surface area contributed by atoms with Crippen LogP contribution < -0.4 is 5.73 Å². The molecule has 0 spiro atoms. The summed E-state index contributed by atoms with van der Waals surface area (Å²) in [6, 6.07) is 8.14. The quantitative estimate of drug-likeness (QED) is 0.669. The number of carbonyl (C=O) groups is 2. The Kier molecular flexibility index (Phi) is 7.74. The second-order valence-corrected chi connectivity index (χ2v) is 7.23.